The van der Waals surface area contributed by atoms with Gasteiger partial charge in [0.05, 0.1) is 22.2 Å². The van der Waals surface area contributed by atoms with Gasteiger partial charge >= 0.3 is 0 Å². The zero-order chi connectivity index (χ0) is 17.5. The fourth-order valence-corrected chi connectivity index (χ4v) is 2.41. The van der Waals surface area contributed by atoms with Crippen LogP contribution in [0.2, 0.25) is 5.02 Å². The van der Waals surface area contributed by atoms with Crippen molar-refractivity contribution in [2.24, 2.45) is 0 Å². The lowest BCUT2D eigenvalue weighted by molar-refractivity contribution is -0.123. The summed E-state index contributed by atoms with van der Waals surface area (Å²) in [6, 6.07) is 13.2. The number of nitrogens with zero attached hydrogens (tertiary/aromatic N) is 1. The van der Waals surface area contributed by atoms with Crippen molar-refractivity contribution in [1.29, 1.82) is 5.26 Å². The van der Waals surface area contributed by atoms with Crippen molar-refractivity contribution in [2.45, 2.75) is 0 Å². The summed E-state index contributed by atoms with van der Waals surface area (Å²) in [5, 5.41) is 8.97. The summed E-state index contributed by atoms with van der Waals surface area (Å²) in [5.41, 5.74) is 5.29. The Balaban J connectivity index is 1.85. The molecule has 6 nitrogen and oxygen atoms in total. The van der Waals surface area contributed by atoms with Gasteiger partial charge in [-0.15, -0.1) is 0 Å². The Morgan fingerprint density at radius 3 is 2.62 bits per heavy atom. The van der Waals surface area contributed by atoms with Gasteiger partial charge in [-0.1, -0.05) is 23.7 Å². The second-order valence-electron chi connectivity index (χ2n) is 4.53. The fourth-order valence-electron chi connectivity index (χ4n) is 1.71. The molecule has 0 unspecified atom stereocenters. The van der Waals surface area contributed by atoms with Crippen molar-refractivity contribution >= 4 is 39.3 Å². The Bertz CT molecular complexity index is 820. The number of carbonyl (C=O) groups is 2. The van der Waals surface area contributed by atoms with Gasteiger partial charge in [0.15, 0.2) is 6.61 Å². The molecule has 8 heteroatoms. The van der Waals surface area contributed by atoms with Crippen molar-refractivity contribution in [3.63, 3.8) is 0 Å². The smallest absolute Gasteiger partial charge is 0.276 e. The molecule has 0 atom stereocenters. The van der Waals surface area contributed by atoms with Gasteiger partial charge in [-0.05, 0) is 46.3 Å². The van der Waals surface area contributed by atoms with E-state index in [2.05, 4.69) is 26.8 Å². The third-order valence-electron chi connectivity index (χ3n) is 2.85. The van der Waals surface area contributed by atoms with Gasteiger partial charge in [0.2, 0.25) is 0 Å². The summed E-state index contributed by atoms with van der Waals surface area (Å²) >= 11 is 9.18. The number of rotatable bonds is 4. The van der Waals surface area contributed by atoms with Crippen LogP contribution in [-0.4, -0.2) is 18.4 Å². The Morgan fingerprint density at radius 1 is 1.21 bits per heavy atom. The van der Waals surface area contributed by atoms with Crippen molar-refractivity contribution in [2.75, 3.05) is 6.61 Å². The number of nitriles is 1. The van der Waals surface area contributed by atoms with E-state index in [1.54, 1.807) is 24.3 Å². The lowest BCUT2D eigenvalue weighted by Gasteiger charge is -2.10. The van der Waals surface area contributed by atoms with Crippen LogP contribution in [0.5, 0.6) is 5.75 Å². The Labute approximate surface area is 151 Å². The quantitative estimate of drug-likeness (QED) is 0.761. The molecule has 0 saturated carbocycles. The molecule has 2 rings (SSSR count). The number of amides is 2. The summed E-state index contributed by atoms with van der Waals surface area (Å²) in [6.07, 6.45) is 0. The maximum atomic E-state index is 11.9. The highest BCUT2D eigenvalue weighted by molar-refractivity contribution is 9.10. The van der Waals surface area contributed by atoms with Crippen LogP contribution in [-0.2, 0) is 4.79 Å². The van der Waals surface area contributed by atoms with Crippen LogP contribution in [0.4, 0.5) is 0 Å². The van der Waals surface area contributed by atoms with E-state index in [1.165, 1.54) is 18.2 Å². The summed E-state index contributed by atoms with van der Waals surface area (Å²) < 4.78 is 5.85. The van der Waals surface area contributed by atoms with E-state index < -0.39 is 11.8 Å². The van der Waals surface area contributed by atoms with E-state index in [0.717, 1.165) is 0 Å². The first-order valence-electron chi connectivity index (χ1n) is 6.67. The van der Waals surface area contributed by atoms with Gasteiger partial charge in [0.1, 0.15) is 5.75 Å². The average Bonchev–Trinajstić information content (AvgIpc) is 2.58. The SMILES string of the molecule is N#Cc1ccc(OCC(=O)NNC(=O)c2ccccc2Br)c(Cl)c1. The van der Waals surface area contributed by atoms with E-state index >= 15 is 0 Å². The minimum absolute atomic E-state index is 0.221. The number of hydrazine groups is 1. The zero-order valence-corrected chi connectivity index (χ0v) is 14.5. The van der Waals surface area contributed by atoms with Gasteiger partial charge in [-0.2, -0.15) is 5.26 Å². The van der Waals surface area contributed by atoms with Gasteiger partial charge < -0.3 is 4.74 Å². The molecule has 122 valence electrons. The highest BCUT2D eigenvalue weighted by Crippen LogP contribution is 2.25. The van der Waals surface area contributed by atoms with E-state index in [4.69, 9.17) is 21.6 Å². The van der Waals surface area contributed by atoms with Crippen molar-refractivity contribution in [3.05, 3.63) is 63.1 Å². The van der Waals surface area contributed by atoms with Crippen molar-refractivity contribution in [1.82, 2.24) is 10.9 Å². The van der Waals surface area contributed by atoms with Crippen LogP contribution in [0.25, 0.3) is 0 Å². The number of benzene rings is 2. The number of hydrogen-bond donors (Lipinski definition) is 2. The van der Waals surface area contributed by atoms with Gasteiger partial charge in [0.25, 0.3) is 11.8 Å². The third kappa shape index (κ3) is 4.72. The third-order valence-corrected chi connectivity index (χ3v) is 3.84. The lowest BCUT2D eigenvalue weighted by Crippen LogP contribution is -2.43. The van der Waals surface area contributed by atoms with E-state index in [-0.39, 0.29) is 17.4 Å². The highest BCUT2D eigenvalue weighted by atomic mass is 79.9. The monoisotopic (exact) mass is 407 g/mol. The molecule has 0 aromatic heterocycles. The predicted octanol–water partition coefficient (Wildman–Crippen LogP) is 2.81. The molecule has 0 bridgehead atoms. The lowest BCUT2D eigenvalue weighted by atomic mass is 10.2. The summed E-state index contributed by atoms with van der Waals surface area (Å²) in [5.74, 6) is -0.758. The molecule has 0 aliphatic heterocycles. The second-order valence-corrected chi connectivity index (χ2v) is 5.79. The second kappa shape index (κ2) is 8.34. The summed E-state index contributed by atoms with van der Waals surface area (Å²) in [7, 11) is 0. The number of hydrogen-bond acceptors (Lipinski definition) is 4. The predicted molar refractivity (Wildman–Crippen MR) is 91.4 cm³/mol. The van der Waals surface area contributed by atoms with E-state index in [1.807, 2.05) is 6.07 Å². The van der Waals surface area contributed by atoms with Crippen LogP contribution < -0.4 is 15.6 Å². The molecule has 0 radical (unpaired) electrons. The molecule has 0 spiro atoms. The first-order chi connectivity index (χ1) is 11.5. The molecule has 2 aromatic carbocycles. The fraction of sp³-hybridized carbons (Fsp3) is 0.0625. The van der Waals surface area contributed by atoms with Crippen LogP contribution >= 0.6 is 27.5 Å². The number of ether oxygens (including phenoxy) is 1. The van der Waals surface area contributed by atoms with Crippen LogP contribution in [0.3, 0.4) is 0 Å². The van der Waals surface area contributed by atoms with Gasteiger partial charge in [0, 0.05) is 4.47 Å². The van der Waals surface area contributed by atoms with E-state index in [0.29, 0.717) is 15.6 Å². The molecule has 24 heavy (non-hydrogen) atoms. The largest absolute Gasteiger partial charge is 0.482 e. The normalized spacial score (nSPS) is 9.71. The Hall–Kier alpha value is -2.56. The minimum Gasteiger partial charge on any atom is -0.482 e. The number of nitrogens with one attached hydrogen (secondary N) is 2. The number of carbonyl (C=O) groups excluding carboxylic acids is 2. The molecule has 0 aliphatic carbocycles. The Kier molecular flexibility index (Phi) is 6.18. The van der Waals surface area contributed by atoms with Crippen LogP contribution in [0.15, 0.2) is 46.9 Å². The van der Waals surface area contributed by atoms with Crippen molar-refractivity contribution in [3.8, 4) is 11.8 Å². The molecule has 0 aliphatic rings. The minimum atomic E-state index is -0.559. The standard InChI is InChI=1S/C16H11BrClN3O3/c17-12-4-2-1-3-11(12)16(23)21-20-15(22)9-24-14-6-5-10(8-19)7-13(14)18/h1-7H,9H2,(H,20,22)(H,21,23). The molecule has 2 aromatic rings. The molecule has 2 N–H and O–H groups in total. The van der Waals surface area contributed by atoms with Gasteiger partial charge in [-0.25, -0.2) is 0 Å². The van der Waals surface area contributed by atoms with Gasteiger partial charge in [-0.3, -0.25) is 20.4 Å². The molecule has 0 fully saturated rings. The van der Waals surface area contributed by atoms with E-state index in [9.17, 15) is 9.59 Å². The molecule has 0 heterocycles. The Morgan fingerprint density at radius 2 is 1.96 bits per heavy atom. The zero-order valence-electron chi connectivity index (χ0n) is 12.2. The first-order valence-corrected chi connectivity index (χ1v) is 7.84. The number of halogens is 2. The van der Waals surface area contributed by atoms with Crippen LogP contribution in [0, 0.1) is 11.3 Å². The molecule has 0 saturated heterocycles. The first kappa shape index (κ1) is 17.8. The molecule has 2 amide bonds. The maximum Gasteiger partial charge on any atom is 0.276 e. The molecular weight excluding hydrogens is 398 g/mol. The average molecular weight is 409 g/mol. The topological polar surface area (TPSA) is 91.2 Å². The summed E-state index contributed by atoms with van der Waals surface area (Å²) in [6.45, 7) is -0.345. The maximum absolute atomic E-state index is 11.9. The van der Waals surface area contributed by atoms with Crippen LogP contribution in [0.1, 0.15) is 15.9 Å². The van der Waals surface area contributed by atoms with Crippen molar-refractivity contribution < 1.29 is 14.3 Å². The highest BCUT2D eigenvalue weighted by Gasteiger charge is 2.11. The summed E-state index contributed by atoms with van der Waals surface area (Å²) in [4.78, 5) is 23.6. The molecular formula is C16H11BrClN3O3.